The van der Waals surface area contributed by atoms with Crippen molar-refractivity contribution in [2.24, 2.45) is 0 Å². The zero-order valence-electron chi connectivity index (χ0n) is 7.61. The number of esters is 1. The lowest BCUT2D eigenvalue weighted by atomic mass is 10.2. The van der Waals surface area contributed by atoms with Gasteiger partial charge in [0.15, 0.2) is 11.6 Å². The molecule has 1 aromatic carbocycles. The predicted molar refractivity (Wildman–Crippen MR) is 52.3 cm³/mol. The Bertz CT molecular complexity index is 408. The Hall–Kier alpha value is -0.870. The van der Waals surface area contributed by atoms with E-state index in [-0.39, 0.29) is 17.2 Å². The fourth-order valence-corrected chi connectivity index (χ4v) is 1.34. The van der Waals surface area contributed by atoms with Crippen molar-refractivity contribution in [3.8, 4) is 0 Å². The van der Waals surface area contributed by atoms with Crippen LogP contribution in [0.4, 0.5) is 8.78 Å². The van der Waals surface area contributed by atoms with Gasteiger partial charge in [-0.15, -0.1) is 0 Å². The second-order valence-corrected chi connectivity index (χ2v) is 3.32. The maximum atomic E-state index is 12.9. The van der Waals surface area contributed by atoms with Crippen LogP contribution in [-0.4, -0.2) is 12.6 Å². The molecule has 1 aromatic rings. The van der Waals surface area contributed by atoms with Crippen LogP contribution in [0.3, 0.4) is 0 Å². The van der Waals surface area contributed by atoms with Gasteiger partial charge in [-0.2, -0.15) is 0 Å². The molecule has 6 heteroatoms. The first-order chi connectivity index (χ1) is 6.99. The Kier molecular flexibility index (Phi) is 3.88. The maximum absolute atomic E-state index is 12.9. The van der Waals surface area contributed by atoms with Crippen molar-refractivity contribution in [1.29, 1.82) is 0 Å². The smallest absolute Gasteiger partial charge is 0.339 e. The summed E-state index contributed by atoms with van der Waals surface area (Å²) in [7, 11) is 0. The van der Waals surface area contributed by atoms with Crippen LogP contribution in [0.2, 0.25) is 10.0 Å². The van der Waals surface area contributed by atoms with Gasteiger partial charge in [-0.05, 0) is 13.0 Å². The Balaban J connectivity index is 3.26. The van der Waals surface area contributed by atoms with Gasteiger partial charge in [0, 0.05) is 0 Å². The zero-order valence-corrected chi connectivity index (χ0v) is 9.12. The lowest BCUT2D eigenvalue weighted by molar-refractivity contribution is 0.0526. The first-order valence-corrected chi connectivity index (χ1v) is 4.74. The van der Waals surface area contributed by atoms with Crippen molar-refractivity contribution in [2.45, 2.75) is 6.92 Å². The molecule has 0 N–H and O–H groups in total. The molecule has 1 rings (SSSR count). The Morgan fingerprint density at radius 2 is 2.00 bits per heavy atom. The van der Waals surface area contributed by atoms with Crippen LogP contribution >= 0.6 is 23.2 Å². The normalized spacial score (nSPS) is 10.2. The monoisotopic (exact) mass is 254 g/mol. The van der Waals surface area contributed by atoms with Crippen molar-refractivity contribution in [3.63, 3.8) is 0 Å². The number of benzene rings is 1. The van der Waals surface area contributed by atoms with E-state index in [9.17, 15) is 13.6 Å². The standard InChI is InChI=1S/C9H6Cl2F2O2/c1-2-15-9(14)4-3-5(12)8(13)7(11)6(4)10/h3H,2H2,1H3. The summed E-state index contributed by atoms with van der Waals surface area (Å²) in [4.78, 5) is 11.2. The van der Waals surface area contributed by atoms with Crippen molar-refractivity contribution in [2.75, 3.05) is 6.61 Å². The van der Waals surface area contributed by atoms with Gasteiger partial charge < -0.3 is 4.74 Å². The number of halogens is 4. The highest BCUT2D eigenvalue weighted by Gasteiger charge is 2.20. The summed E-state index contributed by atoms with van der Waals surface area (Å²) in [6.45, 7) is 1.68. The molecule has 0 radical (unpaired) electrons. The second kappa shape index (κ2) is 4.77. The Labute approximate surface area is 94.7 Å². The van der Waals surface area contributed by atoms with Crippen LogP contribution < -0.4 is 0 Å². The SMILES string of the molecule is CCOC(=O)c1cc(F)c(F)c(Cl)c1Cl. The average Bonchev–Trinajstić information content (AvgIpc) is 2.20. The first-order valence-electron chi connectivity index (χ1n) is 3.99. The van der Waals surface area contributed by atoms with Crippen molar-refractivity contribution >= 4 is 29.2 Å². The molecule has 0 aliphatic heterocycles. The molecule has 0 unspecified atom stereocenters. The van der Waals surface area contributed by atoms with E-state index >= 15 is 0 Å². The van der Waals surface area contributed by atoms with E-state index in [4.69, 9.17) is 23.2 Å². The number of hydrogen-bond donors (Lipinski definition) is 0. The minimum absolute atomic E-state index is 0.103. The third kappa shape index (κ3) is 2.38. The minimum atomic E-state index is -1.28. The average molecular weight is 255 g/mol. The quantitative estimate of drug-likeness (QED) is 0.459. The van der Waals surface area contributed by atoms with Crippen LogP contribution in [0.1, 0.15) is 17.3 Å². The molecule has 0 bridgehead atoms. The first kappa shape index (κ1) is 12.2. The summed E-state index contributed by atoms with van der Waals surface area (Å²) in [6.07, 6.45) is 0. The van der Waals surface area contributed by atoms with E-state index in [1.165, 1.54) is 0 Å². The molecule has 0 atom stereocenters. The molecule has 0 aromatic heterocycles. The largest absolute Gasteiger partial charge is 0.462 e. The summed E-state index contributed by atoms with van der Waals surface area (Å²) in [5.41, 5.74) is -0.289. The molecule has 82 valence electrons. The molecule has 15 heavy (non-hydrogen) atoms. The summed E-state index contributed by atoms with van der Waals surface area (Å²) < 4.78 is 30.4. The van der Waals surface area contributed by atoms with Crippen LogP contribution in [0, 0.1) is 11.6 Å². The third-order valence-corrected chi connectivity index (χ3v) is 2.44. The topological polar surface area (TPSA) is 26.3 Å². The number of carbonyl (C=O) groups excluding carboxylic acids is 1. The molecule has 0 saturated heterocycles. The second-order valence-electron chi connectivity index (χ2n) is 2.57. The van der Waals surface area contributed by atoms with Gasteiger partial charge >= 0.3 is 5.97 Å². The fourth-order valence-electron chi connectivity index (χ4n) is 0.930. The van der Waals surface area contributed by atoms with Crippen LogP contribution in [0.25, 0.3) is 0 Å². The van der Waals surface area contributed by atoms with Gasteiger partial charge in [-0.3, -0.25) is 0 Å². The van der Waals surface area contributed by atoms with Gasteiger partial charge in [-0.1, -0.05) is 23.2 Å². The van der Waals surface area contributed by atoms with Crippen LogP contribution in [-0.2, 0) is 4.74 Å². The highest BCUT2D eigenvalue weighted by atomic mass is 35.5. The number of ether oxygens (including phenoxy) is 1. The van der Waals surface area contributed by atoms with Gasteiger partial charge in [-0.25, -0.2) is 13.6 Å². The van der Waals surface area contributed by atoms with Crippen molar-refractivity contribution < 1.29 is 18.3 Å². The van der Waals surface area contributed by atoms with E-state index in [0.717, 1.165) is 0 Å². The third-order valence-electron chi connectivity index (χ3n) is 1.60. The summed E-state index contributed by atoms with van der Waals surface area (Å²) in [6, 6.07) is 0.654. The van der Waals surface area contributed by atoms with Crippen molar-refractivity contribution in [3.05, 3.63) is 33.3 Å². The zero-order chi connectivity index (χ0) is 11.6. The fraction of sp³-hybridized carbons (Fsp3) is 0.222. The highest BCUT2D eigenvalue weighted by molar-refractivity contribution is 6.43. The molecule has 0 saturated carbocycles. The molecule has 0 fully saturated rings. The number of hydrogen-bond acceptors (Lipinski definition) is 2. The molecule has 0 spiro atoms. The maximum Gasteiger partial charge on any atom is 0.339 e. The van der Waals surface area contributed by atoms with Gasteiger partial charge in [0.05, 0.1) is 22.2 Å². The number of carbonyl (C=O) groups is 1. The summed E-state index contributed by atoms with van der Waals surface area (Å²) in [5.74, 6) is -3.37. The number of rotatable bonds is 2. The Morgan fingerprint density at radius 3 is 2.53 bits per heavy atom. The predicted octanol–water partition coefficient (Wildman–Crippen LogP) is 3.45. The molecular formula is C9H6Cl2F2O2. The van der Waals surface area contributed by atoms with Crippen molar-refractivity contribution in [1.82, 2.24) is 0 Å². The summed E-state index contributed by atoms with van der Waals surface area (Å²) in [5, 5.41) is -0.978. The molecule has 0 aliphatic carbocycles. The molecule has 2 nitrogen and oxygen atoms in total. The highest BCUT2D eigenvalue weighted by Crippen LogP contribution is 2.30. The molecule has 0 amide bonds. The van der Waals surface area contributed by atoms with E-state index in [1.54, 1.807) is 6.92 Å². The van der Waals surface area contributed by atoms with E-state index in [2.05, 4.69) is 4.74 Å². The lowest BCUT2D eigenvalue weighted by Crippen LogP contribution is -2.07. The van der Waals surface area contributed by atoms with Crippen LogP contribution in [0.5, 0.6) is 0 Å². The van der Waals surface area contributed by atoms with E-state index in [0.29, 0.717) is 6.07 Å². The Morgan fingerprint density at radius 1 is 1.40 bits per heavy atom. The van der Waals surface area contributed by atoms with Crippen LogP contribution in [0.15, 0.2) is 6.07 Å². The van der Waals surface area contributed by atoms with Gasteiger partial charge in [0.1, 0.15) is 0 Å². The molecule has 0 heterocycles. The van der Waals surface area contributed by atoms with E-state index < -0.39 is 22.6 Å². The van der Waals surface area contributed by atoms with E-state index in [1.807, 2.05) is 0 Å². The summed E-state index contributed by atoms with van der Waals surface area (Å²) >= 11 is 10.9. The van der Waals surface area contributed by atoms with Gasteiger partial charge in [0.2, 0.25) is 0 Å². The molecule has 0 aliphatic rings. The van der Waals surface area contributed by atoms with Gasteiger partial charge in [0.25, 0.3) is 0 Å². The minimum Gasteiger partial charge on any atom is -0.462 e. The molecular weight excluding hydrogens is 249 g/mol. The lowest BCUT2D eigenvalue weighted by Gasteiger charge is -2.06.